The fourth-order valence-electron chi connectivity index (χ4n) is 2.19. The van der Waals surface area contributed by atoms with Gasteiger partial charge in [-0.3, -0.25) is 9.80 Å². The van der Waals surface area contributed by atoms with Crippen molar-refractivity contribution in [1.82, 2.24) is 10.4 Å². The number of benzene rings is 1. The number of nitrogens with zero attached hydrogens (tertiary/aromatic N) is 1. The van der Waals surface area contributed by atoms with Crippen LogP contribution in [0, 0.1) is 6.92 Å². The highest BCUT2D eigenvalue weighted by Gasteiger charge is 2.36. The fourth-order valence-corrected chi connectivity index (χ4v) is 2.19. The van der Waals surface area contributed by atoms with Crippen molar-refractivity contribution < 1.29 is 4.79 Å². The molecule has 0 radical (unpaired) electrons. The predicted octanol–water partition coefficient (Wildman–Crippen LogP) is 2.57. The number of carbonyl (C=O) groups is 1. The van der Waals surface area contributed by atoms with E-state index in [4.69, 9.17) is 0 Å². The maximum Gasteiger partial charge on any atom is 0.239 e. The van der Waals surface area contributed by atoms with Gasteiger partial charge in [-0.1, -0.05) is 29.8 Å². The molecule has 0 saturated carbocycles. The Bertz CT molecular complexity index is 434. The summed E-state index contributed by atoms with van der Waals surface area (Å²) in [5.41, 5.74) is 5.55. The lowest BCUT2D eigenvalue weighted by Gasteiger charge is -2.32. The molecule has 1 aromatic rings. The quantitative estimate of drug-likeness (QED) is 0.807. The number of hydrogen-bond acceptors (Lipinski definition) is 2. The zero-order chi connectivity index (χ0) is 12.6. The highest BCUT2D eigenvalue weighted by Crippen LogP contribution is 2.28. The van der Waals surface area contributed by atoms with Crippen LogP contribution in [0.4, 0.5) is 0 Å². The molecule has 1 amide bonds. The third-order valence-electron chi connectivity index (χ3n) is 3.03. The zero-order valence-electron chi connectivity index (χ0n) is 10.9. The van der Waals surface area contributed by atoms with Crippen LogP contribution in [0.1, 0.15) is 44.4 Å². The monoisotopic (exact) mass is 232 g/mol. The van der Waals surface area contributed by atoms with Crippen molar-refractivity contribution in [3.05, 3.63) is 35.4 Å². The smallest absolute Gasteiger partial charge is 0.239 e. The molecule has 0 spiro atoms. The van der Waals surface area contributed by atoms with Crippen molar-refractivity contribution in [3.63, 3.8) is 0 Å². The number of nitrogens with one attached hydrogen (secondary N) is 1. The first-order valence-electron chi connectivity index (χ1n) is 6.04. The van der Waals surface area contributed by atoms with E-state index in [0.29, 0.717) is 6.42 Å². The van der Waals surface area contributed by atoms with Gasteiger partial charge in [-0.05, 0) is 33.3 Å². The van der Waals surface area contributed by atoms with Crippen molar-refractivity contribution in [2.75, 3.05) is 0 Å². The first-order chi connectivity index (χ1) is 7.88. The van der Waals surface area contributed by atoms with Gasteiger partial charge in [0.05, 0.1) is 11.6 Å². The van der Waals surface area contributed by atoms with E-state index in [9.17, 15) is 4.79 Å². The lowest BCUT2D eigenvalue weighted by Crippen LogP contribution is -2.48. The largest absolute Gasteiger partial charge is 0.273 e. The van der Waals surface area contributed by atoms with E-state index in [1.165, 1.54) is 11.1 Å². The topological polar surface area (TPSA) is 32.3 Å². The molecule has 1 aliphatic rings. The number of aryl methyl sites for hydroxylation is 1. The van der Waals surface area contributed by atoms with E-state index < -0.39 is 0 Å². The molecular formula is C14H20N2O. The van der Waals surface area contributed by atoms with Crippen molar-refractivity contribution in [3.8, 4) is 0 Å². The molecule has 0 bridgehead atoms. The van der Waals surface area contributed by atoms with Crippen LogP contribution < -0.4 is 5.43 Å². The Kier molecular flexibility index (Phi) is 2.96. The van der Waals surface area contributed by atoms with Crippen LogP contribution in [-0.2, 0) is 4.79 Å². The highest BCUT2D eigenvalue weighted by molar-refractivity contribution is 5.79. The van der Waals surface area contributed by atoms with Gasteiger partial charge in [0.25, 0.3) is 0 Å². The van der Waals surface area contributed by atoms with Crippen LogP contribution in [0.25, 0.3) is 0 Å². The number of carbonyl (C=O) groups excluding carboxylic acids is 1. The second-order valence-corrected chi connectivity index (χ2v) is 5.70. The maximum atomic E-state index is 12.0. The molecule has 92 valence electrons. The average Bonchev–Trinajstić information content (AvgIpc) is 2.60. The summed E-state index contributed by atoms with van der Waals surface area (Å²) < 4.78 is 0. The van der Waals surface area contributed by atoms with Gasteiger partial charge in [0.1, 0.15) is 0 Å². The van der Waals surface area contributed by atoms with E-state index in [-0.39, 0.29) is 17.5 Å². The molecule has 0 aromatic heterocycles. The maximum absolute atomic E-state index is 12.0. The molecule has 1 heterocycles. The van der Waals surface area contributed by atoms with Crippen LogP contribution in [0.5, 0.6) is 0 Å². The summed E-state index contributed by atoms with van der Waals surface area (Å²) in [6, 6.07) is 8.43. The summed E-state index contributed by atoms with van der Waals surface area (Å²) in [6.07, 6.45) is 0.542. The SMILES string of the molecule is Cc1cccc(C2CC(=O)N(C(C)(C)C)N2)c1. The average molecular weight is 232 g/mol. The molecule has 1 aromatic carbocycles. The molecule has 1 unspecified atom stereocenters. The van der Waals surface area contributed by atoms with Crippen LogP contribution in [-0.4, -0.2) is 16.5 Å². The Morgan fingerprint density at radius 2 is 2.06 bits per heavy atom. The minimum absolute atomic E-state index is 0.113. The van der Waals surface area contributed by atoms with Gasteiger partial charge in [-0.2, -0.15) is 0 Å². The van der Waals surface area contributed by atoms with Crippen molar-refractivity contribution in [2.45, 2.75) is 45.7 Å². The van der Waals surface area contributed by atoms with E-state index >= 15 is 0 Å². The van der Waals surface area contributed by atoms with Crippen LogP contribution in [0.15, 0.2) is 24.3 Å². The molecule has 3 nitrogen and oxygen atoms in total. The van der Waals surface area contributed by atoms with Crippen molar-refractivity contribution in [1.29, 1.82) is 0 Å². The van der Waals surface area contributed by atoms with Crippen molar-refractivity contribution >= 4 is 5.91 Å². The van der Waals surface area contributed by atoms with E-state index in [2.05, 4.69) is 30.5 Å². The minimum Gasteiger partial charge on any atom is -0.273 e. The fraction of sp³-hybridized carbons (Fsp3) is 0.500. The normalized spacial score (nSPS) is 21.1. The number of amides is 1. The molecule has 3 heteroatoms. The number of rotatable bonds is 1. The molecule has 1 saturated heterocycles. The van der Waals surface area contributed by atoms with Gasteiger partial charge in [0.2, 0.25) is 5.91 Å². The van der Waals surface area contributed by atoms with E-state index in [1.54, 1.807) is 5.01 Å². The third-order valence-corrected chi connectivity index (χ3v) is 3.03. The highest BCUT2D eigenvalue weighted by atomic mass is 16.2. The second-order valence-electron chi connectivity index (χ2n) is 5.70. The first kappa shape index (κ1) is 12.1. The summed E-state index contributed by atoms with van der Waals surface area (Å²) in [4.78, 5) is 12.0. The van der Waals surface area contributed by atoms with Gasteiger partial charge in [0.15, 0.2) is 0 Å². The second kappa shape index (κ2) is 4.15. The van der Waals surface area contributed by atoms with E-state index in [1.807, 2.05) is 26.8 Å². The molecule has 1 N–H and O–H groups in total. The molecular weight excluding hydrogens is 212 g/mol. The summed E-state index contributed by atoms with van der Waals surface area (Å²) in [7, 11) is 0. The third kappa shape index (κ3) is 2.50. The van der Waals surface area contributed by atoms with Gasteiger partial charge in [-0.25, -0.2) is 5.43 Å². The zero-order valence-corrected chi connectivity index (χ0v) is 10.9. The Balaban J connectivity index is 2.20. The number of hydrazine groups is 1. The van der Waals surface area contributed by atoms with E-state index in [0.717, 1.165) is 0 Å². The van der Waals surface area contributed by atoms with Crippen LogP contribution >= 0.6 is 0 Å². The Morgan fingerprint density at radius 1 is 1.35 bits per heavy atom. The van der Waals surface area contributed by atoms with Gasteiger partial charge >= 0.3 is 0 Å². The van der Waals surface area contributed by atoms with Crippen LogP contribution in [0.2, 0.25) is 0 Å². The van der Waals surface area contributed by atoms with Gasteiger partial charge < -0.3 is 0 Å². The molecule has 1 atom stereocenters. The summed E-state index contributed by atoms with van der Waals surface area (Å²) in [5, 5.41) is 1.75. The minimum atomic E-state index is -0.171. The molecule has 2 rings (SSSR count). The predicted molar refractivity (Wildman–Crippen MR) is 68.3 cm³/mol. The van der Waals surface area contributed by atoms with Crippen LogP contribution in [0.3, 0.4) is 0 Å². The van der Waals surface area contributed by atoms with Gasteiger partial charge in [-0.15, -0.1) is 0 Å². The molecule has 1 fully saturated rings. The first-order valence-corrected chi connectivity index (χ1v) is 6.04. The standard InChI is InChI=1S/C14H20N2O/c1-10-6-5-7-11(8-10)12-9-13(17)16(15-12)14(2,3)4/h5-8,12,15H,9H2,1-4H3. The number of hydrogen-bond donors (Lipinski definition) is 1. The lowest BCUT2D eigenvalue weighted by molar-refractivity contribution is -0.134. The lowest BCUT2D eigenvalue weighted by atomic mass is 10.0. The Hall–Kier alpha value is -1.35. The Morgan fingerprint density at radius 3 is 2.59 bits per heavy atom. The van der Waals surface area contributed by atoms with Crippen molar-refractivity contribution in [2.24, 2.45) is 0 Å². The Labute approximate surface area is 103 Å². The molecule has 0 aliphatic carbocycles. The molecule has 17 heavy (non-hydrogen) atoms. The summed E-state index contributed by atoms with van der Waals surface area (Å²) in [6.45, 7) is 8.19. The summed E-state index contributed by atoms with van der Waals surface area (Å²) >= 11 is 0. The summed E-state index contributed by atoms with van der Waals surface area (Å²) in [5.74, 6) is 0.170. The molecule has 1 aliphatic heterocycles. The van der Waals surface area contributed by atoms with Gasteiger partial charge in [0, 0.05) is 6.42 Å².